The molecule has 2 fully saturated rings. The lowest BCUT2D eigenvalue weighted by molar-refractivity contribution is 0.248. The van der Waals surface area contributed by atoms with Gasteiger partial charge in [0.05, 0.1) is 17.4 Å². The molecule has 0 aromatic carbocycles. The van der Waals surface area contributed by atoms with Gasteiger partial charge in [0.1, 0.15) is 11.6 Å². The summed E-state index contributed by atoms with van der Waals surface area (Å²) in [5, 5.41) is 10.3. The molecular weight excluding hydrogens is 278 g/mol. The van der Waals surface area contributed by atoms with Crippen LogP contribution in [0, 0.1) is 11.3 Å². The molecule has 0 bridgehead atoms. The van der Waals surface area contributed by atoms with E-state index in [9.17, 15) is 10.1 Å². The van der Waals surface area contributed by atoms with Crippen molar-refractivity contribution < 1.29 is 0 Å². The van der Waals surface area contributed by atoms with Gasteiger partial charge in [-0.05, 0) is 18.9 Å². The molecular formula is C16H17N5O. The highest BCUT2D eigenvalue weighted by Crippen LogP contribution is 2.31. The quantitative estimate of drug-likeness (QED) is 0.897. The zero-order chi connectivity index (χ0) is 15.1. The van der Waals surface area contributed by atoms with Crippen LogP contribution < -0.4 is 10.5 Å². The Morgan fingerprint density at radius 1 is 1.27 bits per heavy atom. The van der Waals surface area contributed by atoms with Crippen molar-refractivity contribution in [3.05, 3.63) is 34.4 Å². The minimum absolute atomic E-state index is 0.207. The molecule has 3 heterocycles. The lowest BCUT2D eigenvalue weighted by Gasteiger charge is -2.36. The van der Waals surface area contributed by atoms with Gasteiger partial charge in [-0.25, -0.2) is 0 Å². The van der Waals surface area contributed by atoms with Gasteiger partial charge in [-0.1, -0.05) is 0 Å². The number of nitrogens with zero attached hydrogens (tertiary/aromatic N) is 4. The maximum atomic E-state index is 12.2. The Morgan fingerprint density at radius 2 is 2.05 bits per heavy atom. The number of nitriles is 1. The molecule has 1 N–H and O–H groups in total. The summed E-state index contributed by atoms with van der Waals surface area (Å²) in [5.41, 5.74) is 1.33. The third-order valence-electron chi connectivity index (χ3n) is 4.59. The van der Waals surface area contributed by atoms with Crippen LogP contribution in [0.5, 0.6) is 0 Å². The molecule has 22 heavy (non-hydrogen) atoms. The molecule has 1 saturated carbocycles. The monoisotopic (exact) mass is 295 g/mol. The number of hydrogen-bond donors (Lipinski definition) is 1. The Kier molecular flexibility index (Phi) is 3.09. The third kappa shape index (κ3) is 2.14. The van der Waals surface area contributed by atoms with E-state index in [0.717, 1.165) is 43.3 Å². The number of anilines is 1. The van der Waals surface area contributed by atoms with Crippen molar-refractivity contribution in [2.75, 3.05) is 31.1 Å². The molecule has 1 saturated heterocycles. The summed E-state index contributed by atoms with van der Waals surface area (Å²) in [6, 6.07) is 4.71. The highest BCUT2D eigenvalue weighted by atomic mass is 16.1. The second kappa shape index (κ2) is 5.11. The summed E-state index contributed by atoms with van der Waals surface area (Å²) in [6.45, 7) is 3.70. The first kappa shape index (κ1) is 13.3. The minimum atomic E-state index is -0.331. The fourth-order valence-electron chi connectivity index (χ4n) is 3.31. The van der Waals surface area contributed by atoms with Gasteiger partial charge in [-0.3, -0.25) is 14.7 Å². The predicted molar refractivity (Wildman–Crippen MR) is 83.9 cm³/mol. The van der Waals surface area contributed by atoms with Crippen LogP contribution in [0.2, 0.25) is 0 Å². The summed E-state index contributed by atoms with van der Waals surface area (Å²) < 4.78 is 0. The summed E-state index contributed by atoms with van der Waals surface area (Å²) >= 11 is 0. The highest BCUT2D eigenvalue weighted by molar-refractivity contribution is 5.93. The average Bonchev–Trinajstić information content (AvgIpc) is 3.38. The molecule has 2 aromatic heterocycles. The van der Waals surface area contributed by atoms with Crippen LogP contribution in [0.25, 0.3) is 10.9 Å². The predicted octanol–water partition coefficient (Wildman–Crippen LogP) is 1.08. The standard InChI is InChI=1S/C16H17N5O/c17-9-13-15(12-3-4-18-10-14(12)19-16(13)22)21-7-5-20(6-8-21)11-1-2-11/h3-4,10-11H,1-2,5-8H2,(H,19,22). The zero-order valence-corrected chi connectivity index (χ0v) is 12.2. The molecule has 2 aromatic rings. The first-order valence-electron chi connectivity index (χ1n) is 7.67. The van der Waals surface area contributed by atoms with Crippen molar-refractivity contribution in [3.8, 4) is 6.07 Å². The van der Waals surface area contributed by atoms with Gasteiger partial charge in [0.15, 0.2) is 0 Å². The molecule has 0 unspecified atom stereocenters. The van der Waals surface area contributed by atoms with Crippen LogP contribution in [0.4, 0.5) is 5.69 Å². The van der Waals surface area contributed by atoms with Gasteiger partial charge in [-0.2, -0.15) is 5.26 Å². The Balaban J connectivity index is 1.77. The number of rotatable bonds is 2. The van der Waals surface area contributed by atoms with Crippen molar-refractivity contribution in [3.63, 3.8) is 0 Å². The lowest BCUT2D eigenvalue weighted by atomic mass is 10.1. The number of pyridine rings is 2. The fourth-order valence-corrected chi connectivity index (χ4v) is 3.31. The van der Waals surface area contributed by atoms with Crippen LogP contribution in [0.1, 0.15) is 18.4 Å². The molecule has 0 amide bonds. The Morgan fingerprint density at radius 3 is 2.73 bits per heavy atom. The number of fused-ring (bicyclic) bond motifs is 1. The molecule has 0 radical (unpaired) electrons. The third-order valence-corrected chi connectivity index (χ3v) is 4.59. The van der Waals surface area contributed by atoms with E-state index in [1.54, 1.807) is 12.4 Å². The molecule has 2 aliphatic rings. The van der Waals surface area contributed by atoms with E-state index in [2.05, 4.69) is 25.8 Å². The van der Waals surface area contributed by atoms with Crippen molar-refractivity contribution >= 4 is 16.6 Å². The molecule has 1 aliphatic heterocycles. The lowest BCUT2D eigenvalue weighted by Crippen LogP contribution is -2.47. The number of piperazine rings is 1. The molecule has 4 rings (SSSR count). The fraction of sp³-hybridized carbons (Fsp3) is 0.438. The summed E-state index contributed by atoms with van der Waals surface area (Å²) in [4.78, 5) is 23.7. The Labute approximate surface area is 128 Å². The van der Waals surface area contributed by atoms with Crippen LogP contribution >= 0.6 is 0 Å². The molecule has 1 aliphatic carbocycles. The van der Waals surface area contributed by atoms with Crippen molar-refractivity contribution in [2.45, 2.75) is 18.9 Å². The van der Waals surface area contributed by atoms with Gasteiger partial charge in [0.25, 0.3) is 5.56 Å². The van der Waals surface area contributed by atoms with Gasteiger partial charge in [0, 0.05) is 43.8 Å². The van der Waals surface area contributed by atoms with E-state index in [1.807, 2.05) is 6.07 Å². The van der Waals surface area contributed by atoms with E-state index in [0.29, 0.717) is 5.52 Å². The van der Waals surface area contributed by atoms with Crippen LogP contribution in [0.15, 0.2) is 23.3 Å². The molecule has 0 atom stereocenters. The minimum Gasteiger partial charge on any atom is -0.367 e. The smallest absolute Gasteiger partial charge is 0.268 e. The topological polar surface area (TPSA) is 76.0 Å². The molecule has 6 nitrogen and oxygen atoms in total. The zero-order valence-electron chi connectivity index (χ0n) is 12.2. The number of aromatic amines is 1. The first-order chi connectivity index (χ1) is 10.8. The van der Waals surface area contributed by atoms with Gasteiger partial charge >= 0.3 is 0 Å². The van der Waals surface area contributed by atoms with E-state index >= 15 is 0 Å². The van der Waals surface area contributed by atoms with Crippen molar-refractivity contribution in [1.29, 1.82) is 5.26 Å². The first-order valence-corrected chi connectivity index (χ1v) is 7.67. The van der Waals surface area contributed by atoms with Gasteiger partial charge in [-0.15, -0.1) is 0 Å². The largest absolute Gasteiger partial charge is 0.367 e. The van der Waals surface area contributed by atoms with Crippen LogP contribution in [-0.2, 0) is 0 Å². The van der Waals surface area contributed by atoms with E-state index < -0.39 is 0 Å². The summed E-state index contributed by atoms with van der Waals surface area (Å²) in [7, 11) is 0. The number of aromatic nitrogens is 2. The van der Waals surface area contributed by atoms with E-state index in [-0.39, 0.29) is 11.1 Å². The summed E-state index contributed by atoms with van der Waals surface area (Å²) in [6.07, 6.45) is 5.96. The Bertz CT molecular complexity index is 809. The number of hydrogen-bond acceptors (Lipinski definition) is 5. The maximum absolute atomic E-state index is 12.2. The molecule has 6 heteroatoms. The Hall–Kier alpha value is -2.39. The maximum Gasteiger partial charge on any atom is 0.268 e. The van der Waals surface area contributed by atoms with Gasteiger partial charge < -0.3 is 9.88 Å². The number of H-pyrrole nitrogens is 1. The van der Waals surface area contributed by atoms with E-state index in [1.165, 1.54) is 12.8 Å². The van der Waals surface area contributed by atoms with E-state index in [4.69, 9.17) is 0 Å². The van der Waals surface area contributed by atoms with Crippen LogP contribution in [-0.4, -0.2) is 47.1 Å². The van der Waals surface area contributed by atoms with Crippen LogP contribution in [0.3, 0.4) is 0 Å². The van der Waals surface area contributed by atoms with Gasteiger partial charge in [0.2, 0.25) is 0 Å². The second-order valence-electron chi connectivity index (χ2n) is 5.96. The van der Waals surface area contributed by atoms with Crippen molar-refractivity contribution in [1.82, 2.24) is 14.9 Å². The normalized spacial score (nSPS) is 19.3. The summed E-state index contributed by atoms with van der Waals surface area (Å²) in [5.74, 6) is 0. The molecule has 0 spiro atoms. The number of nitrogens with one attached hydrogen (secondary N) is 1. The SMILES string of the molecule is N#Cc1c(N2CCN(C3CC3)CC2)c2ccncc2[nH]c1=O. The second-order valence-corrected chi connectivity index (χ2v) is 5.96. The molecule has 112 valence electrons. The average molecular weight is 295 g/mol. The van der Waals surface area contributed by atoms with Crippen molar-refractivity contribution in [2.24, 2.45) is 0 Å². The highest BCUT2D eigenvalue weighted by Gasteiger charge is 2.32.